The van der Waals surface area contributed by atoms with Gasteiger partial charge in [-0.2, -0.15) is 0 Å². The zero-order chi connectivity index (χ0) is 7.07. The van der Waals surface area contributed by atoms with Crippen molar-refractivity contribution in [2.24, 2.45) is 0 Å². The van der Waals surface area contributed by atoms with Gasteiger partial charge in [0.15, 0.2) is 0 Å². The monoisotopic (exact) mass is 131 g/mol. The summed E-state index contributed by atoms with van der Waals surface area (Å²) in [6.07, 6.45) is 1.05. The highest BCUT2D eigenvalue weighted by molar-refractivity contribution is 7.45. The molecule has 0 saturated heterocycles. The normalized spacial score (nSPS) is 28.5. The fourth-order valence-electron chi connectivity index (χ4n) is 0.855. The lowest BCUT2D eigenvalue weighted by molar-refractivity contribution is 0.591. The summed E-state index contributed by atoms with van der Waals surface area (Å²) in [5, 5.41) is 0. The molecule has 1 nitrogen and oxygen atoms in total. The largest absolute Gasteiger partial charge is 0.326 e. The highest BCUT2D eigenvalue weighted by Crippen LogP contribution is 2.34. The van der Waals surface area contributed by atoms with Crippen LogP contribution in [0.5, 0.6) is 0 Å². The van der Waals surface area contributed by atoms with Gasteiger partial charge in [-0.1, -0.05) is 11.1 Å². The van der Waals surface area contributed by atoms with Crippen LogP contribution in [0.15, 0.2) is 11.1 Å². The van der Waals surface area contributed by atoms with Gasteiger partial charge < -0.3 is 4.57 Å². The maximum absolute atomic E-state index is 11.1. The van der Waals surface area contributed by atoms with Gasteiger partial charge in [0.1, 0.15) is 1.28 Å². The number of allylic oxidation sites excluding steroid dienone is 2. The molecule has 1 rings (SSSR count). The molecule has 1 aliphatic rings. The molecule has 0 aromatic rings. The molecule has 0 aromatic carbocycles. The van der Waals surface area contributed by atoms with Crippen LogP contribution in [0.2, 0.25) is 0 Å². The molecule has 8 heavy (non-hydrogen) atoms. The molecule has 0 bridgehead atoms. The van der Waals surface area contributed by atoms with Crippen LogP contribution in [-0.4, -0.2) is 13.6 Å². The number of hydrogen-bond donors (Lipinski definition) is 0. The summed E-state index contributed by atoms with van der Waals surface area (Å²) in [7, 11) is -2.48. The molecule has 0 unspecified atom stereocenters. The van der Waals surface area contributed by atoms with Crippen LogP contribution < -0.4 is 0 Å². The first-order chi connectivity index (χ1) is 4.01. The van der Waals surface area contributed by atoms with Crippen molar-refractivity contribution in [3.63, 3.8) is 0 Å². The Balaban J connectivity index is 2.82. The number of rotatable bonds is 0. The third kappa shape index (κ3) is 1.03. The van der Waals surface area contributed by atoms with Crippen LogP contribution in [0.4, 0.5) is 0 Å². The zero-order valence-corrected chi connectivity index (χ0v) is 6.16. The van der Waals surface area contributed by atoms with E-state index in [0.29, 0.717) is 12.3 Å². The van der Waals surface area contributed by atoms with Crippen molar-refractivity contribution in [1.29, 1.82) is 1.28 Å². The summed E-state index contributed by atoms with van der Waals surface area (Å²) < 4.78 is 18.3. The molecular weight excluding hydrogens is 119 g/mol. The van der Waals surface area contributed by atoms with Gasteiger partial charge in [0.25, 0.3) is 0 Å². The molecule has 0 aromatic heterocycles. The molecule has 1 heterocycles. The topological polar surface area (TPSA) is 17.1 Å². The molecule has 0 aliphatic carbocycles. The van der Waals surface area contributed by atoms with Crippen molar-refractivity contribution in [2.45, 2.75) is 13.8 Å². The second-order valence-corrected chi connectivity index (χ2v) is 3.95. The molecule has 0 fully saturated rings. The minimum atomic E-state index is -2.48. The van der Waals surface area contributed by atoms with E-state index in [4.69, 9.17) is 1.28 Å². The van der Waals surface area contributed by atoms with E-state index in [9.17, 15) is 4.57 Å². The maximum atomic E-state index is 11.1. The van der Waals surface area contributed by atoms with E-state index in [2.05, 4.69) is 0 Å². The van der Waals surface area contributed by atoms with Gasteiger partial charge in [-0.25, -0.2) is 0 Å². The van der Waals surface area contributed by atoms with Crippen LogP contribution in [-0.2, 0) is 4.57 Å². The number of hydrogen-bond acceptors (Lipinski definition) is 1. The molecule has 1 aliphatic heterocycles. The van der Waals surface area contributed by atoms with Crippen molar-refractivity contribution in [3.8, 4) is 0 Å². The van der Waals surface area contributed by atoms with Crippen molar-refractivity contribution in [1.82, 2.24) is 0 Å². The smallest absolute Gasteiger partial charge is 0.101 e. The second-order valence-electron chi connectivity index (χ2n) is 2.36. The van der Waals surface area contributed by atoms with E-state index in [1.54, 1.807) is 0 Å². The predicted molar refractivity (Wildman–Crippen MR) is 37.1 cm³/mol. The minimum Gasteiger partial charge on any atom is -0.326 e. The van der Waals surface area contributed by atoms with E-state index in [1.807, 2.05) is 13.8 Å². The Morgan fingerprint density at radius 1 is 1.50 bits per heavy atom. The molecule has 0 radical (unpaired) electrons. The van der Waals surface area contributed by atoms with Gasteiger partial charge >= 0.3 is 0 Å². The fraction of sp³-hybridized carbons (Fsp3) is 0.667. The molecule has 2 heteroatoms. The van der Waals surface area contributed by atoms with E-state index < -0.39 is 7.75 Å². The van der Waals surface area contributed by atoms with Crippen LogP contribution in [0.25, 0.3) is 0 Å². The first kappa shape index (κ1) is 4.81. The molecule has 0 saturated carbocycles. The predicted octanol–water partition coefficient (Wildman–Crippen LogP) is 1.90. The molecule has 46 valence electrons. The Bertz CT molecular complexity index is 189. The van der Waals surface area contributed by atoms with Gasteiger partial charge in [0.05, 0.1) is 7.75 Å². The van der Waals surface area contributed by atoms with E-state index in [1.165, 1.54) is 0 Å². The Labute approximate surface area is 51.9 Å². The maximum Gasteiger partial charge on any atom is 0.101 e. The quantitative estimate of drug-likeness (QED) is 0.362. The summed E-state index contributed by atoms with van der Waals surface area (Å²) in [5.74, 6) is 0. The van der Waals surface area contributed by atoms with Crippen molar-refractivity contribution in [3.05, 3.63) is 11.1 Å². The molecular formula is C6H11OP. The summed E-state index contributed by atoms with van der Waals surface area (Å²) in [6, 6.07) is 0. The van der Waals surface area contributed by atoms with Gasteiger partial charge in [-0.15, -0.1) is 0 Å². The Morgan fingerprint density at radius 3 is 2.00 bits per heavy atom. The summed E-state index contributed by atoms with van der Waals surface area (Å²) in [5.41, 5.74) is 2.32. The van der Waals surface area contributed by atoms with Gasteiger partial charge in [-0.3, -0.25) is 0 Å². The third-order valence-electron chi connectivity index (χ3n) is 1.56. The Morgan fingerprint density at radius 2 is 1.88 bits per heavy atom. The van der Waals surface area contributed by atoms with Crippen LogP contribution in [0, 0.1) is 0 Å². The average molecular weight is 131 g/mol. The molecule has 0 amide bonds. The van der Waals surface area contributed by atoms with Crippen molar-refractivity contribution >= 4 is 7.75 Å². The van der Waals surface area contributed by atoms with Crippen molar-refractivity contribution in [2.75, 3.05) is 12.3 Å². The molecule has 0 spiro atoms. The first-order valence-electron chi connectivity index (χ1n) is 3.22. The lowest BCUT2D eigenvalue weighted by Crippen LogP contribution is -1.74. The van der Waals surface area contributed by atoms with Crippen molar-refractivity contribution < 1.29 is 4.57 Å². The highest BCUT2D eigenvalue weighted by atomic mass is 31.1. The summed E-state index contributed by atoms with van der Waals surface area (Å²) in [4.78, 5) is 0. The van der Waals surface area contributed by atoms with Gasteiger partial charge in [0.2, 0.25) is 0 Å². The lowest BCUT2D eigenvalue weighted by Gasteiger charge is -1.86. The summed E-state index contributed by atoms with van der Waals surface area (Å²) >= 11 is 0. The fourth-order valence-corrected chi connectivity index (χ4v) is 2.56. The molecule has 0 atom stereocenters. The summed E-state index contributed by atoms with van der Waals surface area (Å²) in [6.45, 7) is 3.92. The second kappa shape index (κ2) is 2.06. The lowest BCUT2D eigenvalue weighted by atomic mass is 10.2. The van der Waals surface area contributed by atoms with Gasteiger partial charge in [-0.05, 0) is 13.8 Å². The van der Waals surface area contributed by atoms with Gasteiger partial charge in [0, 0.05) is 12.3 Å². The van der Waals surface area contributed by atoms with Crippen LogP contribution >= 0.6 is 7.75 Å². The Hall–Kier alpha value is -0.0300. The molecule has 0 N–H and O–H groups in total. The standard InChI is InChI=1S/C6H11OP/c1-5-3-8(7)4-6(5)2/h8H,3-4H2,1-2H3/i8D. The zero-order valence-electron chi connectivity index (χ0n) is 6.27. The van der Waals surface area contributed by atoms with E-state index in [0.717, 1.165) is 11.1 Å². The average Bonchev–Trinajstić information content (AvgIpc) is 1.79. The minimum absolute atomic E-state index is 0.527. The van der Waals surface area contributed by atoms with Crippen LogP contribution in [0.3, 0.4) is 0 Å². The highest BCUT2D eigenvalue weighted by Gasteiger charge is 2.11. The Kier molecular flexibility index (Phi) is 1.24. The van der Waals surface area contributed by atoms with E-state index in [-0.39, 0.29) is 0 Å². The SMILES string of the molecule is [2H]P1(=O)CC(C)=C(C)C1. The first-order valence-corrected chi connectivity index (χ1v) is 4.40. The van der Waals surface area contributed by atoms with Crippen LogP contribution in [0.1, 0.15) is 13.8 Å². The third-order valence-corrected chi connectivity index (χ3v) is 3.21. The van der Waals surface area contributed by atoms with E-state index >= 15 is 0 Å².